The van der Waals surface area contributed by atoms with Crippen molar-refractivity contribution in [1.29, 1.82) is 0 Å². The van der Waals surface area contributed by atoms with Crippen molar-refractivity contribution in [3.8, 4) is 0 Å². The van der Waals surface area contributed by atoms with Gasteiger partial charge >= 0.3 is 0 Å². The van der Waals surface area contributed by atoms with Crippen molar-refractivity contribution in [3.05, 3.63) is 41.7 Å². The van der Waals surface area contributed by atoms with Gasteiger partial charge in [-0.3, -0.25) is 5.10 Å². The molecule has 4 N–H and O–H groups in total. The van der Waals surface area contributed by atoms with Gasteiger partial charge < -0.3 is 5.73 Å². The Bertz CT molecular complexity index is 672. The topological polar surface area (TPSA) is 114 Å². The Morgan fingerprint density at radius 1 is 1.40 bits per heavy atom. The van der Waals surface area contributed by atoms with E-state index in [4.69, 9.17) is 5.73 Å². The Kier molecular flexibility index (Phi) is 4.42. The molecule has 7 nitrogen and oxygen atoms in total. The van der Waals surface area contributed by atoms with E-state index in [1.54, 1.807) is 0 Å². The molecule has 1 aromatic carbocycles. The first-order valence-corrected chi connectivity index (χ1v) is 7.34. The van der Waals surface area contributed by atoms with Crippen LogP contribution in [0.4, 0.5) is 4.39 Å². The van der Waals surface area contributed by atoms with Gasteiger partial charge in [-0.15, -0.1) is 0 Å². The number of nitrogens with zero attached hydrogens (tertiary/aromatic N) is 2. The first kappa shape index (κ1) is 14.6. The number of nitrogens with one attached hydrogen (secondary N) is 2. The lowest BCUT2D eigenvalue weighted by Crippen LogP contribution is -2.28. The van der Waals surface area contributed by atoms with E-state index in [1.165, 1.54) is 24.5 Å². The summed E-state index contributed by atoms with van der Waals surface area (Å²) in [6.45, 7) is -0.0664. The molecule has 0 aliphatic heterocycles. The van der Waals surface area contributed by atoms with Crippen molar-refractivity contribution in [2.45, 2.75) is 17.9 Å². The Morgan fingerprint density at radius 2 is 2.20 bits per heavy atom. The van der Waals surface area contributed by atoms with E-state index in [0.717, 1.165) is 0 Å². The SMILES string of the molecule is NCc1c(F)cccc1S(=O)(=O)NCCc1ncn[nH]1. The average molecular weight is 299 g/mol. The Hall–Kier alpha value is -1.84. The van der Waals surface area contributed by atoms with E-state index in [-0.39, 0.29) is 23.5 Å². The van der Waals surface area contributed by atoms with Crippen LogP contribution in [-0.2, 0) is 23.0 Å². The summed E-state index contributed by atoms with van der Waals surface area (Å²) in [5, 5.41) is 6.27. The fraction of sp³-hybridized carbons (Fsp3) is 0.273. The van der Waals surface area contributed by atoms with Gasteiger partial charge in [0.15, 0.2) is 0 Å². The summed E-state index contributed by atoms with van der Waals surface area (Å²) in [4.78, 5) is 3.73. The second-order valence-corrected chi connectivity index (χ2v) is 5.74. The van der Waals surface area contributed by atoms with Crippen molar-refractivity contribution in [2.24, 2.45) is 5.73 Å². The highest BCUT2D eigenvalue weighted by atomic mass is 32.2. The molecule has 0 saturated heterocycles. The monoisotopic (exact) mass is 299 g/mol. The zero-order chi connectivity index (χ0) is 14.6. The third kappa shape index (κ3) is 3.18. The first-order chi connectivity index (χ1) is 9.54. The molecule has 0 atom stereocenters. The lowest BCUT2D eigenvalue weighted by atomic mass is 10.2. The second-order valence-electron chi connectivity index (χ2n) is 4.00. The van der Waals surface area contributed by atoms with Crippen molar-refractivity contribution >= 4 is 10.0 Å². The zero-order valence-electron chi connectivity index (χ0n) is 10.5. The largest absolute Gasteiger partial charge is 0.326 e. The molecule has 0 radical (unpaired) electrons. The minimum absolute atomic E-state index is 0.0281. The maximum Gasteiger partial charge on any atom is 0.241 e. The summed E-state index contributed by atoms with van der Waals surface area (Å²) in [5.41, 5.74) is 5.37. The van der Waals surface area contributed by atoms with Crippen LogP contribution in [-0.4, -0.2) is 30.1 Å². The van der Waals surface area contributed by atoms with Gasteiger partial charge in [-0.2, -0.15) is 5.10 Å². The molecule has 2 aromatic rings. The smallest absolute Gasteiger partial charge is 0.241 e. The van der Waals surface area contributed by atoms with Crippen LogP contribution in [0.2, 0.25) is 0 Å². The van der Waals surface area contributed by atoms with Crippen LogP contribution in [0.1, 0.15) is 11.4 Å². The lowest BCUT2D eigenvalue weighted by molar-refractivity contribution is 0.571. The van der Waals surface area contributed by atoms with Crippen molar-refractivity contribution in [1.82, 2.24) is 19.9 Å². The van der Waals surface area contributed by atoms with Gasteiger partial charge in [-0.25, -0.2) is 22.5 Å². The summed E-state index contributed by atoms with van der Waals surface area (Å²) in [6, 6.07) is 3.83. The van der Waals surface area contributed by atoms with Gasteiger partial charge in [-0.1, -0.05) is 6.07 Å². The summed E-state index contributed by atoms with van der Waals surface area (Å²) >= 11 is 0. The van der Waals surface area contributed by atoms with Crippen molar-refractivity contribution in [3.63, 3.8) is 0 Å². The highest BCUT2D eigenvalue weighted by Gasteiger charge is 2.19. The van der Waals surface area contributed by atoms with Gasteiger partial charge in [0.2, 0.25) is 10.0 Å². The molecule has 0 saturated carbocycles. The quantitative estimate of drug-likeness (QED) is 0.690. The van der Waals surface area contributed by atoms with Crippen molar-refractivity contribution < 1.29 is 12.8 Å². The van der Waals surface area contributed by atoms with Crippen LogP contribution < -0.4 is 10.5 Å². The normalized spacial score (nSPS) is 11.7. The van der Waals surface area contributed by atoms with Crippen LogP contribution >= 0.6 is 0 Å². The van der Waals surface area contributed by atoms with Gasteiger partial charge in [0.05, 0.1) is 4.90 Å². The Balaban J connectivity index is 2.12. The highest BCUT2D eigenvalue weighted by molar-refractivity contribution is 7.89. The molecule has 0 aliphatic carbocycles. The summed E-state index contributed by atoms with van der Waals surface area (Å²) in [6.07, 6.45) is 1.69. The predicted octanol–water partition coefficient (Wildman–Crippen LogP) is -0.0765. The number of aromatic amines is 1. The van der Waals surface area contributed by atoms with Crippen LogP contribution in [0.15, 0.2) is 29.4 Å². The maximum atomic E-state index is 13.5. The van der Waals surface area contributed by atoms with E-state index < -0.39 is 15.8 Å². The first-order valence-electron chi connectivity index (χ1n) is 5.86. The van der Waals surface area contributed by atoms with E-state index in [1.807, 2.05) is 0 Å². The number of hydrogen-bond acceptors (Lipinski definition) is 5. The zero-order valence-corrected chi connectivity index (χ0v) is 11.3. The Morgan fingerprint density at radius 3 is 2.85 bits per heavy atom. The minimum Gasteiger partial charge on any atom is -0.326 e. The molecular formula is C11H14FN5O2S. The Labute approximate surface area is 115 Å². The lowest BCUT2D eigenvalue weighted by Gasteiger charge is -2.10. The van der Waals surface area contributed by atoms with Crippen LogP contribution in [0, 0.1) is 5.82 Å². The van der Waals surface area contributed by atoms with Gasteiger partial charge in [0, 0.05) is 25.1 Å². The number of H-pyrrole nitrogens is 1. The predicted molar refractivity (Wildman–Crippen MR) is 69.6 cm³/mol. The van der Waals surface area contributed by atoms with Crippen LogP contribution in [0.25, 0.3) is 0 Å². The molecule has 0 amide bonds. The summed E-state index contributed by atoms with van der Waals surface area (Å²) in [5.74, 6) is -0.0726. The van der Waals surface area contributed by atoms with Gasteiger partial charge in [-0.05, 0) is 12.1 Å². The molecule has 20 heavy (non-hydrogen) atoms. The molecule has 0 unspecified atom stereocenters. The molecule has 0 spiro atoms. The molecule has 0 aliphatic rings. The fourth-order valence-electron chi connectivity index (χ4n) is 1.72. The third-order valence-corrected chi connectivity index (χ3v) is 4.23. The number of sulfonamides is 1. The molecular weight excluding hydrogens is 285 g/mol. The van der Waals surface area contributed by atoms with Crippen LogP contribution in [0.5, 0.6) is 0 Å². The van der Waals surface area contributed by atoms with Gasteiger partial charge in [0.1, 0.15) is 18.0 Å². The molecule has 1 aromatic heterocycles. The fourth-order valence-corrected chi connectivity index (χ4v) is 3.01. The standard InChI is InChI=1S/C11H14FN5O2S/c12-9-2-1-3-10(8(9)6-13)20(18,19)16-5-4-11-14-7-15-17-11/h1-3,7,16H,4-6,13H2,(H,14,15,17). The number of rotatable bonds is 6. The van der Waals surface area contributed by atoms with E-state index in [2.05, 4.69) is 19.9 Å². The molecule has 0 fully saturated rings. The number of halogens is 1. The van der Waals surface area contributed by atoms with Crippen molar-refractivity contribution in [2.75, 3.05) is 6.54 Å². The number of nitrogens with two attached hydrogens (primary N) is 1. The number of benzene rings is 1. The van der Waals surface area contributed by atoms with E-state index in [9.17, 15) is 12.8 Å². The minimum atomic E-state index is -3.81. The molecule has 108 valence electrons. The molecule has 9 heteroatoms. The average Bonchev–Trinajstić information content (AvgIpc) is 2.91. The molecule has 2 rings (SSSR count). The number of aromatic nitrogens is 3. The second kappa shape index (κ2) is 6.07. The molecule has 1 heterocycles. The number of hydrogen-bond donors (Lipinski definition) is 3. The maximum absolute atomic E-state index is 13.5. The summed E-state index contributed by atoms with van der Waals surface area (Å²) in [7, 11) is -3.81. The highest BCUT2D eigenvalue weighted by Crippen LogP contribution is 2.18. The molecule has 0 bridgehead atoms. The van der Waals surface area contributed by atoms with E-state index >= 15 is 0 Å². The van der Waals surface area contributed by atoms with E-state index in [0.29, 0.717) is 12.2 Å². The third-order valence-electron chi connectivity index (χ3n) is 2.69. The summed E-state index contributed by atoms with van der Waals surface area (Å²) < 4.78 is 40.1. The van der Waals surface area contributed by atoms with Gasteiger partial charge in [0.25, 0.3) is 0 Å². The van der Waals surface area contributed by atoms with Crippen LogP contribution in [0.3, 0.4) is 0 Å².